The fourth-order valence-corrected chi connectivity index (χ4v) is 2.53. The number of pyridine rings is 1. The first-order chi connectivity index (χ1) is 9.65. The molecule has 0 amide bonds. The maximum atomic E-state index is 5.47. The number of aromatic nitrogens is 1. The number of methoxy groups -OCH3 is 1. The van der Waals surface area contributed by atoms with Crippen LogP contribution in [0.15, 0.2) is 36.7 Å². The number of nitrogens with zero attached hydrogens (tertiary/aromatic N) is 1. The van der Waals surface area contributed by atoms with Gasteiger partial charge in [0, 0.05) is 18.4 Å². The first-order valence-electron chi connectivity index (χ1n) is 6.87. The van der Waals surface area contributed by atoms with Gasteiger partial charge in [-0.25, -0.2) is 0 Å². The fraction of sp³-hybridized carbons (Fsp3) is 0.353. The first kappa shape index (κ1) is 14.5. The van der Waals surface area contributed by atoms with E-state index in [2.05, 4.69) is 42.3 Å². The summed E-state index contributed by atoms with van der Waals surface area (Å²) in [7, 11) is 3.72. The zero-order chi connectivity index (χ0) is 14.5. The van der Waals surface area contributed by atoms with E-state index in [9.17, 15) is 0 Å². The lowest BCUT2D eigenvalue weighted by molar-refractivity contribution is 0.406. The van der Waals surface area contributed by atoms with Crippen molar-refractivity contribution in [2.75, 3.05) is 14.2 Å². The van der Waals surface area contributed by atoms with Crippen molar-refractivity contribution in [1.29, 1.82) is 0 Å². The molecule has 0 fully saturated rings. The molecule has 3 nitrogen and oxygen atoms in total. The van der Waals surface area contributed by atoms with E-state index in [1.165, 1.54) is 22.3 Å². The van der Waals surface area contributed by atoms with Gasteiger partial charge >= 0.3 is 0 Å². The van der Waals surface area contributed by atoms with E-state index in [4.69, 9.17) is 4.74 Å². The Morgan fingerprint density at radius 2 is 2.05 bits per heavy atom. The second-order valence-electron chi connectivity index (χ2n) is 5.09. The van der Waals surface area contributed by atoms with Gasteiger partial charge in [0.25, 0.3) is 0 Å². The van der Waals surface area contributed by atoms with Gasteiger partial charge in [-0.05, 0) is 56.1 Å². The van der Waals surface area contributed by atoms with Crippen molar-refractivity contribution in [2.24, 2.45) is 0 Å². The van der Waals surface area contributed by atoms with Gasteiger partial charge in [-0.2, -0.15) is 0 Å². The third-order valence-corrected chi connectivity index (χ3v) is 3.65. The average molecular weight is 270 g/mol. The third-order valence-electron chi connectivity index (χ3n) is 3.65. The Hall–Kier alpha value is -1.87. The molecule has 1 N–H and O–H groups in total. The molecule has 1 heterocycles. The van der Waals surface area contributed by atoms with Gasteiger partial charge in [0.1, 0.15) is 5.75 Å². The van der Waals surface area contributed by atoms with E-state index in [0.717, 1.165) is 12.2 Å². The number of hydrogen-bond donors (Lipinski definition) is 1. The number of nitrogens with one attached hydrogen (secondary N) is 1. The molecule has 1 unspecified atom stereocenters. The molecule has 1 atom stereocenters. The lowest BCUT2D eigenvalue weighted by Crippen LogP contribution is -2.20. The molecular weight excluding hydrogens is 248 g/mol. The minimum atomic E-state index is 0.258. The zero-order valence-electron chi connectivity index (χ0n) is 12.6. The normalized spacial score (nSPS) is 12.2. The molecule has 0 aliphatic heterocycles. The van der Waals surface area contributed by atoms with Crippen LogP contribution >= 0.6 is 0 Å². The van der Waals surface area contributed by atoms with E-state index < -0.39 is 0 Å². The van der Waals surface area contributed by atoms with Gasteiger partial charge in [-0.1, -0.05) is 17.7 Å². The largest absolute Gasteiger partial charge is 0.496 e. The summed E-state index contributed by atoms with van der Waals surface area (Å²) in [5.41, 5.74) is 4.97. The molecule has 0 saturated carbocycles. The molecule has 106 valence electrons. The molecule has 0 spiro atoms. The molecule has 2 rings (SSSR count). The number of likely N-dealkylation sites (N-methyl/N-ethyl adjacent to an activating group) is 1. The van der Waals surface area contributed by atoms with E-state index in [0.29, 0.717) is 0 Å². The molecule has 0 saturated heterocycles. The highest BCUT2D eigenvalue weighted by Gasteiger charge is 2.15. The van der Waals surface area contributed by atoms with Crippen LogP contribution in [0.25, 0.3) is 0 Å². The van der Waals surface area contributed by atoms with Crippen LogP contribution in [-0.2, 0) is 6.42 Å². The van der Waals surface area contributed by atoms with Crippen LogP contribution in [0.5, 0.6) is 5.75 Å². The van der Waals surface area contributed by atoms with E-state index >= 15 is 0 Å². The van der Waals surface area contributed by atoms with Crippen LogP contribution in [0.4, 0.5) is 0 Å². The molecule has 0 bridgehead atoms. The first-order valence-corrected chi connectivity index (χ1v) is 6.87. The molecule has 3 heteroatoms. The van der Waals surface area contributed by atoms with Gasteiger partial charge in [-0.15, -0.1) is 0 Å². The topological polar surface area (TPSA) is 34.1 Å². The summed E-state index contributed by atoms with van der Waals surface area (Å²) in [4.78, 5) is 4.16. The number of hydrogen-bond acceptors (Lipinski definition) is 3. The molecule has 1 aromatic carbocycles. The Labute approximate surface area is 121 Å². The van der Waals surface area contributed by atoms with Crippen molar-refractivity contribution in [3.05, 3.63) is 58.9 Å². The highest BCUT2D eigenvalue weighted by Crippen LogP contribution is 2.27. The molecule has 2 aromatic rings. The van der Waals surface area contributed by atoms with Gasteiger partial charge in [0.15, 0.2) is 0 Å². The maximum absolute atomic E-state index is 5.47. The number of ether oxygens (including phenoxy) is 1. The minimum Gasteiger partial charge on any atom is -0.496 e. The second kappa shape index (κ2) is 6.53. The summed E-state index contributed by atoms with van der Waals surface area (Å²) in [5.74, 6) is 0.947. The Morgan fingerprint density at radius 3 is 2.70 bits per heavy atom. The molecule has 0 radical (unpaired) electrons. The van der Waals surface area contributed by atoms with Crippen molar-refractivity contribution in [3.63, 3.8) is 0 Å². The summed E-state index contributed by atoms with van der Waals surface area (Å²) >= 11 is 0. The summed E-state index contributed by atoms with van der Waals surface area (Å²) < 4.78 is 5.47. The van der Waals surface area contributed by atoms with Crippen molar-refractivity contribution in [1.82, 2.24) is 10.3 Å². The Bertz CT molecular complexity index is 581. The number of benzene rings is 1. The van der Waals surface area contributed by atoms with Gasteiger partial charge < -0.3 is 10.1 Å². The summed E-state index contributed by atoms with van der Waals surface area (Å²) in [6, 6.07) is 8.65. The van der Waals surface area contributed by atoms with Crippen LogP contribution in [0.3, 0.4) is 0 Å². The highest BCUT2D eigenvalue weighted by atomic mass is 16.5. The quantitative estimate of drug-likeness (QED) is 0.906. The molecular formula is C17H22N2O. The monoisotopic (exact) mass is 270 g/mol. The average Bonchev–Trinajstić information content (AvgIpc) is 2.46. The lowest BCUT2D eigenvalue weighted by Gasteiger charge is -2.20. The molecule has 0 aliphatic rings. The highest BCUT2D eigenvalue weighted by molar-refractivity contribution is 5.39. The smallest absolute Gasteiger partial charge is 0.122 e. The molecule has 1 aromatic heterocycles. The Morgan fingerprint density at radius 1 is 1.25 bits per heavy atom. The van der Waals surface area contributed by atoms with Crippen LogP contribution in [-0.4, -0.2) is 19.1 Å². The predicted molar refractivity (Wildman–Crippen MR) is 82.2 cm³/mol. The standard InChI is InChI=1S/C17H22N2O/c1-12-5-6-17(20-4)14(9-12)10-16(18-3)15-7-8-19-11-13(15)2/h5-9,11,16,18H,10H2,1-4H3. The van der Waals surface area contributed by atoms with Gasteiger partial charge in [-0.3, -0.25) is 4.98 Å². The molecule has 20 heavy (non-hydrogen) atoms. The number of aryl methyl sites for hydroxylation is 2. The second-order valence-corrected chi connectivity index (χ2v) is 5.09. The summed E-state index contributed by atoms with van der Waals surface area (Å²) in [5, 5.41) is 3.40. The summed E-state index contributed by atoms with van der Waals surface area (Å²) in [6.45, 7) is 4.20. The fourth-order valence-electron chi connectivity index (χ4n) is 2.53. The number of rotatable bonds is 5. The van der Waals surface area contributed by atoms with Crippen LogP contribution < -0.4 is 10.1 Å². The summed E-state index contributed by atoms with van der Waals surface area (Å²) in [6.07, 6.45) is 4.65. The molecule has 0 aliphatic carbocycles. The third kappa shape index (κ3) is 3.17. The van der Waals surface area contributed by atoms with Crippen molar-refractivity contribution < 1.29 is 4.74 Å². The Kier molecular flexibility index (Phi) is 4.74. The minimum absolute atomic E-state index is 0.258. The predicted octanol–water partition coefficient (Wildman–Crippen LogP) is 3.21. The van der Waals surface area contributed by atoms with Crippen LogP contribution in [0, 0.1) is 13.8 Å². The maximum Gasteiger partial charge on any atom is 0.122 e. The van der Waals surface area contributed by atoms with Crippen LogP contribution in [0.2, 0.25) is 0 Å². The van der Waals surface area contributed by atoms with Crippen LogP contribution in [0.1, 0.15) is 28.3 Å². The van der Waals surface area contributed by atoms with Gasteiger partial charge in [0.2, 0.25) is 0 Å². The van der Waals surface area contributed by atoms with Gasteiger partial charge in [0.05, 0.1) is 7.11 Å². The Balaban J connectivity index is 2.31. The lowest BCUT2D eigenvalue weighted by atomic mass is 9.95. The van der Waals surface area contributed by atoms with Crippen molar-refractivity contribution in [3.8, 4) is 5.75 Å². The van der Waals surface area contributed by atoms with Crippen molar-refractivity contribution in [2.45, 2.75) is 26.3 Å². The SMILES string of the molecule is CNC(Cc1cc(C)ccc1OC)c1ccncc1C. The van der Waals surface area contributed by atoms with Crippen molar-refractivity contribution >= 4 is 0 Å². The van der Waals surface area contributed by atoms with E-state index in [-0.39, 0.29) is 6.04 Å². The van der Waals surface area contributed by atoms with E-state index in [1.807, 2.05) is 25.5 Å². The zero-order valence-corrected chi connectivity index (χ0v) is 12.6. The van der Waals surface area contributed by atoms with E-state index in [1.54, 1.807) is 7.11 Å².